The maximum Gasteiger partial charge on any atom is 0.410 e. The van der Waals surface area contributed by atoms with Gasteiger partial charge in [-0.1, -0.05) is 0 Å². The van der Waals surface area contributed by atoms with Crippen LogP contribution in [0.1, 0.15) is 40.0 Å². The second-order valence-electron chi connectivity index (χ2n) is 6.16. The number of amides is 1. The van der Waals surface area contributed by atoms with E-state index in [0.29, 0.717) is 25.9 Å². The highest BCUT2D eigenvalue weighted by Crippen LogP contribution is 2.49. The van der Waals surface area contributed by atoms with Gasteiger partial charge in [0.05, 0.1) is 0 Å². The van der Waals surface area contributed by atoms with E-state index < -0.39 is 11.8 Å². The second-order valence-corrected chi connectivity index (χ2v) is 6.16. The fourth-order valence-corrected chi connectivity index (χ4v) is 2.63. The van der Waals surface area contributed by atoms with Crippen LogP contribution in [0.2, 0.25) is 0 Å². The zero-order chi connectivity index (χ0) is 12.0. The lowest BCUT2D eigenvalue weighted by atomic mass is 9.67. The van der Waals surface area contributed by atoms with E-state index in [0.717, 1.165) is 6.42 Å². The molecule has 0 bridgehead atoms. The molecule has 0 unspecified atom stereocenters. The summed E-state index contributed by atoms with van der Waals surface area (Å²) in [4.78, 5) is 13.5. The van der Waals surface area contributed by atoms with E-state index in [1.54, 1.807) is 4.90 Å². The average Bonchev–Trinajstić information content (AvgIpc) is 2.45. The SMILES string of the molecule is CC(C)(C)OC(=O)N1CCC2(CC(F)C2)C1. The van der Waals surface area contributed by atoms with Gasteiger partial charge in [0, 0.05) is 13.1 Å². The molecule has 1 heterocycles. The lowest BCUT2D eigenvalue weighted by Gasteiger charge is -2.40. The van der Waals surface area contributed by atoms with Gasteiger partial charge in [0.2, 0.25) is 0 Å². The molecule has 1 saturated heterocycles. The van der Waals surface area contributed by atoms with Crippen LogP contribution in [0.5, 0.6) is 0 Å². The van der Waals surface area contributed by atoms with Crippen LogP contribution in [0, 0.1) is 5.41 Å². The maximum atomic E-state index is 12.9. The minimum Gasteiger partial charge on any atom is -0.444 e. The van der Waals surface area contributed by atoms with E-state index in [-0.39, 0.29) is 11.5 Å². The van der Waals surface area contributed by atoms with Crippen LogP contribution in [0.3, 0.4) is 0 Å². The van der Waals surface area contributed by atoms with Crippen LogP contribution in [0.4, 0.5) is 9.18 Å². The fraction of sp³-hybridized carbons (Fsp3) is 0.917. The van der Waals surface area contributed by atoms with Crippen molar-refractivity contribution >= 4 is 6.09 Å². The van der Waals surface area contributed by atoms with Crippen LogP contribution in [-0.2, 0) is 4.74 Å². The Bertz CT molecular complexity index is 292. The zero-order valence-corrected chi connectivity index (χ0v) is 10.3. The average molecular weight is 229 g/mol. The molecule has 2 rings (SSSR count). The van der Waals surface area contributed by atoms with E-state index >= 15 is 0 Å². The van der Waals surface area contributed by atoms with E-state index in [1.165, 1.54) is 0 Å². The van der Waals surface area contributed by atoms with Gasteiger partial charge >= 0.3 is 6.09 Å². The summed E-state index contributed by atoms with van der Waals surface area (Å²) in [5, 5.41) is 0. The van der Waals surface area contributed by atoms with Crippen molar-refractivity contribution in [3.05, 3.63) is 0 Å². The van der Waals surface area contributed by atoms with Crippen LogP contribution in [-0.4, -0.2) is 35.9 Å². The Kier molecular flexibility index (Phi) is 2.63. The molecule has 1 amide bonds. The molecule has 4 heteroatoms. The fourth-order valence-electron chi connectivity index (χ4n) is 2.63. The lowest BCUT2D eigenvalue weighted by molar-refractivity contribution is 0.0112. The predicted octanol–water partition coefficient (Wildman–Crippen LogP) is 2.75. The number of likely N-dealkylation sites (tertiary alicyclic amines) is 1. The maximum absolute atomic E-state index is 12.9. The molecule has 92 valence electrons. The van der Waals surface area contributed by atoms with Gasteiger partial charge < -0.3 is 9.64 Å². The molecule has 1 spiro atoms. The summed E-state index contributed by atoms with van der Waals surface area (Å²) in [5.74, 6) is 0. The van der Waals surface area contributed by atoms with E-state index in [2.05, 4.69) is 0 Å². The summed E-state index contributed by atoms with van der Waals surface area (Å²) < 4.78 is 18.2. The first-order chi connectivity index (χ1) is 7.30. The standard InChI is InChI=1S/C12H20FNO2/c1-11(2,3)16-10(15)14-5-4-12(8-14)6-9(13)7-12/h9H,4-8H2,1-3H3. The Morgan fingerprint density at radius 3 is 2.56 bits per heavy atom. The third-order valence-electron chi connectivity index (χ3n) is 3.40. The highest BCUT2D eigenvalue weighted by atomic mass is 19.1. The lowest BCUT2D eigenvalue weighted by Crippen LogP contribution is -2.43. The molecule has 0 N–H and O–H groups in total. The molecule has 2 aliphatic rings. The Labute approximate surface area is 95.9 Å². The van der Waals surface area contributed by atoms with Crippen LogP contribution in [0.15, 0.2) is 0 Å². The van der Waals surface area contributed by atoms with Crippen LogP contribution < -0.4 is 0 Å². The smallest absolute Gasteiger partial charge is 0.410 e. The van der Waals surface area contributed by atoms with Gasteiger partial charge in [-0.2, -0.15) is 0 Å². The number of hydrogen-bond acceptors (Lipinski definition) is 2. The largest absolute Gasteiger partial charge is 0.444 e. The van der Waals surface area contributed by atoms with Crippen molar-refractivity contribution < 1.29 is 13.9 Å². The molecule has 1 saturated carbocycles. The number of rotatable bonds is 0. The van der Waals surface area contributed by atoms with Gasteiger partial charge in [0.1, 0.15) is 11.8 Å². The van der Waals surface area contributed by atoms with Gasteiger partial charge in [0.15, 0.2) is 0 Å². The number of halogens is 1. The first-order valence-electron chi connectivity index (χ1n) is 5.92. The van der Waals surface area contributed by atoms with Crippen molar-refractivity contribution in [3.8, 4) is 0 Å². The molecule has 1 aliphatic heterocycles. The first-order valence-corrected chi connectivity index (χ1v) is 5.92. The molecule has 0 aromatic heterocycles. The van der Waals surface area contributed by atoms with Crippen LogP contribution in [0.25, 0.3) is 0 Å². The Morgan fingerprint density at radius 1 is 1.44 bits per heavy atom. The van der Waals surface area contributed by atoms with Crippen LogP contribution >= 0.6 is 0 Å². The van der Waals surface area contributed by atoms with Gasteiger partial charge in [-0.05, 0) is 45.4 Å². The molecular weight excluding hydrogens is 209 g/mol. The normalized spacial score (nSPS) is 34.0. The summed E-state index contributed by atoms with van der Waals surface area (Å²) in [6, 6.07) is 0. The minimum absolute atomic E-state index is 0.0658. The van der Waals surface area contributed by atoms with E-state index in [9.17, 15) is 9.18 Å². The highest BCUT2D eigenvalue weighted by molar-refractivity contribution is 5.68. The molecule has 0 radical (unpaired) electrons. The molecule has 1 aliphatic carbocycles. The number of nitrogens with zero attached hydrogens (tertiary/aromatic N) is 1. The number of carbonyl (C=O) groups excluding carboxylic acids is 1. The molecule has 3 nitrogen and oxygen atoms in total. The van der Waals surface area contributed by atoms with Gasteiger partial charge in [-0.25, -0.2) is 9.18 Å². The van der Waals surface area contributed by atoms with Gasteiger partial charge in [0.25, 0.3) is 0 Å². The second kappa shape index (κ2) is 3.60. The number of carbonyl (C=O) groups is 1. The molecule has 0 aromatic rings. The summed E-state index contributed by atoms with van der Waals surface area (Å²) in [5.41, 5.74) is -0.384. The Morgan fingerprint density at radius 2 is 2.06 bits per heavy atom. The minimum atomic E-state index is -0.654. The Hall–Kier alpha value is -0.800. The quantitative estimate of drug-likeness (QED) is 0.639. The first kappa shape index (κ1) is 11.7. The van der Waals surface area contributed by atoms with Crippen molar-refractivity contribution in [2.45, 2.75) is 51.8 Å². The molecule has 0 aromatic carbocycles. The molecule has 0 atom stereocenters. The van der Waals surface area contributed by atoms with Crippen molar-refractivity contribution in [2.75, 3.05) is 13.1 Å². The predicted molar refractivity (Wildman–Crippen MR) is 59.0 cm³/mol. The molecule has 2 fully saturated rings. The molecular formula is C12H20FNO2. The van der Waals surface area contributed by atoms with Gasteiger partial charge in [-0.3, -0.25) is 0 Å². The number of hydrogen-bond donors (Lipinski definition) is 0. The van der Waals surface area contributed by atoms with Crippen molar-refractivity contribution in [2.24, 2.45) is 5.41 Å². The Balaban J connectivity index is 1.87. The summed E-state index contributed by atoms with van der Waals surface area (Å²) in [6.07, 6.45) is 1.25. The third-order valence-corrected chi connectivity index (χ3v) is 3.40. The van der Waals surface area contributed by atoms with Crippen molar-refractivity contribution in [1.29, 1.82) is 0 Å². The topological polar surface area (TPSA) is 29.5 Å². The summed E-state index contributed by atoms with van der Waals surface area (Å²) in [7, 11) is 0. The van der Waals surface area contributed by atoms with Crippen molar-refractivity contribution in [3.63, 3.8) is 0 Å². The zero-order valence-electron chi connectivity index (χ0n) is 10.3. The summed E-state index contributed by atoms with van der Waals surface area (Å²) >= 11 is 0. The third kappa shape index (κ3) is 2.30. The highest BCUT2D eigenvalue weighted by Gasteiger charge is 2.50. The monoisotopic (exact) mass is 229 g/mol. The molecule has 16 heavy (non-hydrogen) atoms. The van der Waals surface area contributed by atoms with E-state index in [1.807, 2.05) is 20.8 Å². The number of alkyl halides is 1. The summed E-state index contributed by atoms with van der Waals surface area (Å²) in [6.45, 7) is 6.96. The van der Waals surface area contributed by atoms with Crippen molar-refractivity contribution in [1.82, 2.24) is 4.90 Å². The van der Waals surface area contributed by atoms with E-state index in [4.69, 9.17) is 4.74 Å². The van der Waals surface area contributed by atoms with Gasteiger partial charge in [-0.15, -0.1) is 0 Å². The number of ether oxygens (including phenoxy) is 1.